The van der Waals surface area contributed by atoms with E-state index in [4.69, 9.17) is 9.84 Å². The summed E-state index contributed by atoms with van der Waals surface area (Å²) in [7, 11) is 1.75. The number of aryl methyl sites for hydroxylation is 1. The first kappa shape index (κ1) is 12.6. The zero-order chi connectivity index (χ0) is 12.4. The van der Waals surface area contributed by atoms with Crippen LogP contribution in [0.4, 0.5) is 0 Å². The van der Waals surface area contributed by atoms with Crippen LogP contribution >= 0.6 is 11.3 Å². The molecule has 0 saturated heterocycles. The highest BCUT2D eigenvalue weighted by molar-refractivity contribution is 7.12. The van der Waals surface area contributed by atoms with Crippen LogP contribution in [0.1, 0.15) is 41.2 Å². The number of ether oxygens (including phenoxy) is 1. The molecular formula is C13H18O3S. The van der Waals surface area contributed by atoms with Gasteiger partial charge >= 0.3 is 5.97 Å². The van der Waals surface area contributed by atoms with Gasteiger partial charge in [0, 0.05) is 16.9 Å². The Balaban J connectivity index is 2.16. The minimum atomic E-state index is -0.723. The second-order valence-corrected chi connectivity index (χ2v) is 5.87. The van der Waals surface area contributed by atoms with Gasteiger partial charge in [-0.15, -0.1) is 11.3 Å². The predicted octanol–water partition coefficient (Wildman–Crippen LogP) is 3.04. The molecule has 3 nitrogen and oxygen atoms in total. The highest BCUT2D eigenvalue weighted by atomic mass is 32.1. The fraction of sp³-hybridized carbons (Fsp3) is 0.615. The quantitative estimate of drug-likeness (QED) is 0.898. The number of thiophene rings is 1. The van der Waals surface area contributed by atoms with Gasteiger partial charge in [-0.3, -0.25) is 4.79 Å². The Morgan fingerprint density at radius 2 is 2.47 bits per heavy atom. The van der Waals surface area contributed by atoms with Gasteiger partial charge in [0.25, 0.3) is 0 Å². The molecular weight excluding hydrogens is 236 g/mol. The smallest absolute Gasteiger partial charge is 0.306 e. The molecule has 0 amide bonds. The third-order valence-electron chi connectivity index (χ3n) is 3.32. The van der Waals surface area contributed by atoms with Crippen LogP contribution < -0.4 is 0 Å². The van der Waals surface area contributed by atoms with Crippen molar-refractivity contribution < 1.29 is 14.6 Å². The maximum Gasteiger partial charge on any atom is 0.306 e. The van der Waals surface area contributed by atoms with Crippen LogP contribution in [0.15, 0.2) is 6.07 Å². The number of hydrogen-bond donors (Lipinski definition) is 1. The molecule has 0 aliphatic heterocycles. The molecule has 2 rings (SSSR count). The lowest BCUT2D eigenvalue weighted by Gasteiger charge is -2.20. The number of rotatable bonds is 4. The van der Waals surface area contributed by atoms with Crippen molar-refractivity contribution in [2.75, 3.05) is 7.11 Å². The van der Waals surface area contributed by atoms with Gasteiger partial charge in [-0.2, -0.15) is 0 Å². The van der Waals surface area contributed by atoms with Crippen LogP contribution in [-0.4, -0.2) is 18.2 Å². The Labute approximate surface area is 105 Å². The molecule has 4 heteroatoms. The number of carboxylic acid groups (broad SMARTS) is 1. The Morgan fingerprint density at radius 3 is 3.12 bits per heavy atom. The molecule has 1 N–H and O–H groups in total. The normalized spacial score (nSPS) is 20.9. The van der Waals surface area contributed by atoms with Crippen molar-refractivity contribution in [2.45, 2.75) is 38.7 Å². The molecule has 17 heavy (non-hydrogen) atoms. The van der Waals surface area contributed by atoms with Crippen molar-refractivity contribution in [2.24, 2.45) is 5.92 Å². The second-order valence-electron chi connectivity index (χ2n) is 4.65. The topological polar surface area (TPSA) is 46.5 Å². The van der Waals surface area contributed by atoms with Crippen molar-refractivity contribution in [1.29, 1.82) is 0 Å². The molecule has 0 radical (unpaired) electrons. The molecule has 1 aliphatic carbocycles. The summed E-state index contributed by atoms with van der Waals surface area (Å²) in [6.45, 7) is 1.76. The number of carboxylic acids is 1. The van der Waals surface area contributed by atoms with Crippen LogP contribution in [-0.2, 0) is 22.4 Å². The van der Waals surface area contributed by atoms with Gasteiger partial charge < -0.3 is 9.84 Å². The van der Waals surface area contributed by atoms with Crippen LogP contribution in [0.2, 0.25) is 0 Å². The molecule has 1 heterocycles. The van der Waals surface area contributed by atoms with Crippen LogP contribution in [0.3, 0.4) is 0 Å². The van der Waals surface area contributed by atoms with Crippen molar-refractivity contribution in [3.63, 3.8) is 0 Å². The molecule has 0 aromatic carbocycles. The Hall–Kier alpha value is -0.870. The lowest BCUT2D eigenvalue weighted by Crippen LogP contribution is -2.11. The number of carbonyl (C=O) groups is 1. The number of fused-ring (bicyclic) bond motifs is 1. The summed E-state index contributed by atoms with van der Waals surface area (Å²) >= 11 is 1.76. The lowest BCUT2D eigenvalue weighted by molar-refractivity contribution is -0.141. The molecule has 1 aliphatic rings. The fourth-order valence-corrected chi connectivity index (χ4v) is 3.70. The third-order valence-corrected chi connectivity index (χ3v) is 4.56. The van der Waals surface area contributed by atoms with E-state index in [9.17, 15) is 4.79 Å². The van der Waals surface area contributed by atoms with E-state index in [-0.39, 0.29) is 12.0 Å². The first-order chi connectivity index (χ1) is 8.11. The van der Waals surface area contributed by atoms with Crippen LogP contribution in [0, 0.1) is 5.92 Å². The minimum Gasteiger partial charge on any atom is -0.481 e. The van der Waals surface area contributed by atoms with Crippen LogP contribution in [0.5, 0.6) is 0 Å². The number of aliphatic carboxylic acids is 1. The van der Waals surface area contributed by atoms with E-state index < -0.39 is 5.97 Å². The largest absolute Gasteiger partial charge is 0.481 e. The van der Waals surface area contributed by atoms with E-state index in [1.54, 1.807) is 25.4 Å². The average Bonchev–Trinajstić information content (AvgIpc) is 2.70. The molecule has 94 valence electrons. The van der Waals surface area contributed by atoms with Gasteiger partial charge in [-0.25, -0.2) is 0 Å². The Bertz CT molecular complexity index is 411. The molecule has 2 atom stereocenters. The third kappa shape index (κ3) is 2.69. The summed E-state index contributed by atoms with van der Waals surface area (Å²) in [5.41, 5.74) is 1.29. The lowest BCUT2D eigenvalue weighted by atomic mass is 9.95. The minimum absolute atomic E-state index is 0.212. The first-order valence-electron chi connectivity index (χ1n) is 5.99. The molecule has 0 bridgehead atoms. The average molecular weight is 254 g/mol. The summed E-state index contributed by atoms with van der Waals surface area (Å²) < 4.78 is 5.47. The molecule has 0 fully saturated rings. The second kappa shape index (κ2) is 5.19. The number of methoxy groups -OCH3 is 1. The monoisotopic (exact) mass is 254 g/mol. The number of hydrogen-bond acceptors (Lipinski definition) is 3. The van der Waals surface area contributed by atoms with Gasteiger partial charge in [0.15, 0.2) is 0 Å². The first-order valence-corrected chi connectivity index (χ1v) is 6.80. The summed E-state index contributed by atoms with van der Waals surface area (Å²) in [6.07, 6.45) is 4.20. The fourth-order valence-electron chi connectivity index (χ4n) is 2.31. The Morgan fingerprint density at radius 1 is 1.71 bits per heavy atom. The molecule has 1 aromatic rings. The summed E-state index contributed by atoms with van der Waals surface area (Å²) in [5, 5.41) is 8.92. The van der Waals surface area contributed by atoms with E-state index in [2.05, 4.69) is 6.07 Å². The van der Waals surface area contributed by atoms with Gasteiger partial charge in [0.05, 0.1) is 12.0 Å². The maximum absolute atomic E-state index is 10.8. The summed E-state index contributed by atoms with van der Waals surface area (Å²) in [6, 6.07) is 2.15. The molecule has 0 saturated carbocycles. The molecule has 2 unspecified atom stereocenters. The van der Waals surface area contributed by atoms with Crippen molar-refractivity contribution in [3.05, 3.63) is 21.4 Å². The van der Waals surface area contributed by atoms with Gasteiger partial charge in [0.2, 0.25) is 0 Å². The van der Waals surface area contributed by atoms with E-state index in [1.165, 1.54) is 21.7 Å². The van der Waals surface area contributed by atoms with E-state index >= 15 is 0 Å². The van der Waals surface area contributed by atoms with E-state index in [1.807, 2.05) is 0 Å². The standard InChI is InChI=1S/C13H18O3S/c1-8(13(14)15)6-9-7-10-11(16-2)4-3-5-12(10)17-9/h7-8,11H,3-6H2,1-2H3,(H,14,15). The van der Waals surface area contributed by atoms with Crippen molar-refractivity contribution >= 4 is 17.3 Å². The van der Waals surface area contributed by atoms with E-state index in [0.717, 1.165) is 12.8 Å². The molecule has 1 aromatic heterocycles. The van der Waals surface area contributed by atoms with Crippen molar-refractivity contribution in [1.82, 2.24) is 0 Å². The maximum atomic E-state index is 10.8. The SMILES string of the molecule is COC1CCCc2sc(CC(C)C(=O)O)cc21. The van der Waals surface area contributed by atoms with E-state index in [0.29, 0.717) is 6.42 Å². The van der Waals surface area contributed by atoms with Crippen LogP contribution in [0.25, 0.3) is 0 Å². The highest BCUT2D eigenvalue weighted by Gasteiger charge is 2.23. The predicted molar refractivity (Wildman–Crippen MR) is 67.5 cm³/mol. The van der Waals surface area contributed by atoms with Gasteiger partial charge in [0.1, 0.15) is 0 Å². The zero-order valence-electron chi connectivity index (χ0n) is 10.2. The van der Waals surface area contributed by atoms with Crippen molar-refractivity contribution in [3.8, 4) is 0 Å². The Kier molecular flexibility index (Phi) is 3.84. The molecule has 0 spiro atoms. The van der Waals surface area contributed by atoms with Gasteiger partial charge in [-0.1, -0.05) is 6.92 Å². The summed E-state index contributed by atoms with van der Waals surface area (Å²) in [4.78, 5) is 13.4. The van der Waals surface area contributed by atoms with Gasteiger partial charge in [-0.05, 0) is 37.3 Å². The highest BCUT2D eigenvalue weighted by Crippen LogP contribution is 2.38. The summed E-state index contributed by atoms with van der Waals surface area (Å²) in [5.74, 6) is -1.03. The zero-order valence-corrected chi connectivity index (χ0v) is 11.0.